The van der Waals surface area contributed by atoms with Gasteiger partial charge in [0.2, 0.25) is 5.91 Å². The fraction of sp³-hybridized carbons (Fsp3) is 0.0800. The zero-order chi connectivity index (χ0) is 27.2. The Bertz CT molecular complexity index is 1770. The molecule has 192 valence electrons. The van der Waals surface area contributed by atoms with Crippen molar-refractivity contribution in [2.75, 3.05) is 5.32 Å². The average molecular weight is 539 g/mol. The van der Waals surface area contributed by atoms with Crippen LogP contribution in [0, 0.1) is 0 Å². The second-order valence-electron chi connectivity index (χ2n) is 8.24. The molecule has 3 aromatic carbocycles. The van der Waals surface area contributed by atoms with E-state index in [0.717, 1.165) is 23.5 Å². The Balaban J connectivity index is 1.55. The van der Waals surface area contributed by atoms with Crippen LogP contribution in [0.1, 0.15) is 26.3 Å². The fourth-order valence-electron chi connectivity index (χ4n) is 3.76. The van der Waals surface area contributed by atoms with Gasteiger partial charge in [-0.1, -0.05) is 6.07 Å². The number of hydrogen-bond donors (Lipinski definition) is 2. The summed E-state index contributed by atoms with van der Waals surface area (Å²) in [6.07, 6.45) is -3.34. The van der Waals surface area contributed by atoms with Crippen molar-refractivity contribution >= 4 is 39.1 Å². The fourth-order valence-corrected chi connectivity index (χ4v) is 4.82. The highest BCUT2D eigenvalue weighted by molar-refractivity contribution is 7.22. The quantitative estimate of drug-likeness (QED) is 0.347. The summed E-state index contributed by atoms with van der Waals surface area (Å²) in [5, 5.41) is 6.82. The predicted molar refractivity (Wildman–Crippen MR) is 135 cm³/mol. The zero-order valence-electron chi connectivity index (χ0n) is 19.5. The summed E-state index contributed by atoms with van der Waals surface area (Å²) in [6, 6.07) is 14.1. The molecule has 5 aromatic rings. The van der Waals surface area contributed by atoms with Crippen LogP contribution in [0.2, 0.25) is 0 Å². The normalized spacial score (nSPS) is 11.6. The number of anilines is 1. The van der Waals surface area contributed by atoms with Gasteiger partial charge in [-0.25, -0.2) is 19.0 Å². The molecule has 0 unspecified atom stereocenters. The molecule has 2 aromatic heterocycles. The Morgan fingerprint density at radius 1 is 1.05 bits per heavy atom. The summed E-state index contributed by atoms with van der Waals surface area (Å²) in [4.78, 5) is 41.1. The Labute approximate surface area is 216 Å². The van der Waals surface area contributed by atoms with Gasteiger partial charge < -0.3 is 11.1 Å². The van der Waals surface area contributed by atoms with Crippen molar-refractivity contribution in [2.45, 2.75) is 6.18 Å². The Hall–Kier alpha value is -4.78. The molecule has 0 spiro atoms. The van der Waals surface area contributed by atoms with E-state index in [2.05, 4.69) is 15.4 Å². The summed E-state index contributed by atoms with van der Waals surface area (Å²) < 4.78 is 43.7. The van der Waals surface area contributed by atoms with Crippen LogP contribution in [0.5, 0.6) is 0 Å². The van der Waals surface area contributed by atoms with Gasteiger partial charge in [0.1, 0.15) is 11.3 Å². The van der Waals surface area contributed by atoms with Crippen LogP contribution in [0.25, 0.3) is 26.5 Å². The van der Waals surface area contributed by atoms with E-state index in [1.54, 1.807) is 24.3 Å². The molecule has 0 aliphatic rings. The number of halogens is 3. The van der Waals surface area contributed by atoms with E-state index in [1.165, 1.54) is 46.9 Å². The van der Waals surface area contributed by atoms with Crippen LogP contribution in [-0.4, -0.2) is 31.1 Å². The number of primary amides is 1. The van der Waals surface area contributed by atoms with E-state index in [9.17, 15) is 27.6 Å². The van der Waals surface area contributed by atoms with Crippen molar-refractivity contribution in [1.29, 1.82) is 0 Å². The SMILES string of the molecule is Cn1ncn(-c2ccc(-c3nc4cc(C(F)(F)F)cc(C(=O)Nc5cccc(C(N)=O)c5)c4s3)cc2)c1=O. The summed E-state index contributed by atoms with van der Waals surface area (Å²) in [5.41, 5.74) is 5.15. The molecule has 0 aliphatic carbocycles. The number of nitrogens with two attached hydrogens (primary N) is 1. The summed E-state index contributed by atoms with van der Waals surface area (Å²) >= 11 is 1.05. The van der Waals surface area contributed by atoms with Gasteiger partial charge in [-0.3, -0.25) is 9.59 Å². The Morgan fingerprint density at radius 3 is 2.42 bits per heavy atom. The Kier molecular flexibility index (Phi) is 6.07. The maximum atomic E-state index is 13.7. The summed E-state index contributed by atoms with van der Waals surface area (Å²) in [6.45, 7) is 0. The first-order valence-electron chi connectivity index (χ1n) is 11.0. The van der Waals surface area contributed by atoms with Crippen LogP contribution in [0.15, 0.2) is 71.8 Å². The van der Waals surface area contributed by atoms with Crippen molar-refractivity contribution in [3.63, 3.8) is 0 Å². The monoisotopic (exact) mass is 538 g/mol. The minimum Gasteiger partial charge on any atom is -0.366 e. The molecule has 2 amide bonds. The first kappa shape index (κ1) is 24.9. The van der Waals surface area contributed by atoms with Gasteiger partial charge in [-0.05, 0) is 54.6 Å². The van der Waals surface area contributed by atoms with Gasteiger partial charge in [-0.2, -0.15) is 18.3 Å². The number of amides is 2. The highest BCUT2D eigenvalue weighted by atomic mass is 32.1. The molecule has 0 atom stereocenters. The number of carbonyl (C=O) groups is 2. The van der Waals surface area contributed by atoms with E-state index < -0.39 is 23.6 Å². The number of alkyl halides is 3. The highest BCUT2D eigenvalue weighted by Crippen LogP contribution is 2.38. The number of carbonyl (C=O) groups excluding carboxylic acids is 2. The van der Waals surface area contributed by atoms with Gasteiger partial charge in [0, 0.05) is 23.9 Å². The first-order chi connectivity index (χ1) is 18.0. The molecule has 38 heavy (non-hydrogen) atoms. The number of nitrogens with one attached hydrogen (secondary N) is 1. The van der Waals surface area contributed by atoms with Crippen LogP contribution in [0.4, 0.5) is 18.9 Å². The predicted octanol–water partition coefficient (Wildman–Crippen LogP) is 4.22. The van der Waals surface area contributed by atoms with Crippen LogP contribution < -0.4 is 16.7 Å². The second kappa shape index (κ2) is 9.27. The average Bonchev–Trinajstić information content (AvgIpc) is 3.46. The van der Waals surface area contributed by atoms with Gasteiger partial charge >= 0.3 is 11.9 Å². The lowest BCUT2D eigenvalue weighted by molar-refractivity contribution is -0.137. The lowest BCUT2D eigenvalue weighted by atomic mass is 10.1. The van der Waals surface area contributed by atoms with Crippen molar-refractivity contribution in [2.24, 2.45) is 12.8 Å². The molecule has 0 aliphatic heterocycles. The van der Waals surface area contributed by atoms with Crippen molar-refractivity contribution in [3.8, 4) is 16.3 Å². The number of rotatable bonds is 5. The molecule has 0 saturated carbocycles. The number of hydrogen-bond acceptors (Lipinski definition) is 6. The third-order valence-electron chi connectivity index (χ3n) is 5.68. The van der Waals surface area contributed by atoms with Crippen LogP contribution >= 0.6 is 11.3 Å². The summed E-state index contributed by atoms with van der Waals surface area (Å²) in [5.74, 6) is -1.52. The Morgan fingerprint density at radius 2 is 1.79 bits per heavy atom. The standard InChI is InChI=1S/C25H17F3N6O3S/c1-33-24(37)34(12-30-33)17-7-5-13(6-8-17)23-32-19-11-15(25(26,27)28)10-18(20(19)38-23)22(36)31-16-4-2-3-14(9-16)21(29)35/h2-12H,1H3,(H2,29,35)(H,31,36). The minimum atomic E-state index is -4.71. The molecule has 0 bridgehead atoms. The van der Waals surface area contributed by atoms with E-state index >= 15 is 0 Å². The molecule has 2 heterocycles. The van der Waals surface area contributed by atoms with Crippen molar-refractivity contribution in [1.82, 2.24) is 19.3 Å². The molecule has 5 rings (SSSR count). The van der Waals surface area contributed by atoms with Crippen molar-refractivity contribution < 1.29 is 22.8 Å². The lowest BCUT2D eigenvalue weighted by Gasteiger charge is -2.11. The van der Waals surface area contributed by atoms with E-state index in [-0.39, 0.29) is 32.7 Å². The molecule has 0 fully saturated rings. The van der Waals surface area contributed by atoms with E-state index in [1.807, 2.05) is 0 Å². The molecular formula is C25H17F3N6O3S. The van der Waals surface area contributed by atoms with E-state index in [0.29, 0.717) is 16.3 Å². The van der Waals surface area contributed by atoms with Gasteiger partial charge in [0.15, 0.2) is 0 Å². The van der Waals surface area contributed by atoms with E-state index in [4.69, 9.17) is 5.73 Å². The molecule has 9 nitrogen and oxygen atoms in total. The van der Waals surface area contributed by atoms with Gasteiger partial charge in [0.05, 0.1) is 27.0 Å². The number of thiazole rings is 1. The smallest absolute Gasteiger partial charge is 0.366 e. The maximum absolute atomic E-state index is 13.7. The van der Waals surface area contributed by atoms with Gasteiger partial charge in [0.25, 0.3) is 5.91 Å². The number of benzene rings is 3. The molecular weight excluding hydrogens is 521 g/mol. The van der Waals surface area contributed by atoms with Crippen molar-refractivity contribution in [3.05, 3.63) is 94.2 Å². The zero-order valence-corrected chi connectivity index (χ0v) is 20.3. The summed E-state index contributed by atoms with van der Waals surface area (Å²) in [7, 11) is 1.52. The molecule has 0 saturated heterocycles. The number of aryl methyl sites for hydroxylation is 1. The largest absolute Gasteiger partial charge is 0.416 e. The van der Waals surface area contributed by atoms with Gasteiger partial charge in [-0.15, -0.1) is 11.3 Å². The minimum absolute atomic E-state index is 0.00316. The number of fused-ring (bicyclic) bond motifs is 1. The third-order valence-corrected chi connectivity index (χ3v) is 6.84. The molecule has 0 radical (unpaired) electrons. The number of aromatic nitrogens is 4. The highest BCUT2D eigenvalue weighted by Gasteiger charge is 2.33. The number of nitrogens with zero attached hydrogens (tertiary/aromatic N) is 4. The third kappa shape index (κ3) is 4.66. The topological polar surface area (TPSA) is 125 Å². The van der Waals surface area contributed by atoms with Crippen LogP contribution in [0.3, 0.4) is 0 Å². The molecule has 3 N–H and O–H groups in total. The first-order valence-corrected chi connectivity index (χ1v) is 11.8. The molecule has 13 heteroatoms. The second-order valence-corrected chi connectivity index (χ2v) is 9.24. The maximum Gasteiger partial charge on any atom is 0.416 e. The van der Waals surface area contributed by atoms with Crippen LogP contribution in [-0.2, 0) is 13.2 Å². The lowest BCUT2D eigenvalue weighted by Crippen LogP contribution is -2.21.